The number of hydrogen-bond donors (Lipinski definition) is 1. The van der Waals surface area contributed by atoms with Gasteiger partial charge in [0.25, 0.3) is 0 Å². The van der Waals surface area contributed by atoms with E-state index in [0.29, 0.717) is 12.5 Å². The number of ether oxygens (including phenoxy) is 1. The lowest BCUT2D eigenvalue weighted by Gasteiger charge is -2.27. The Morgan fingerprint density at radius 3 is 3.00 bits per heavy atom. The molecular weight excluding hydrogens is 238 g/mol. The molecule has 0 saturated heterocycles. The number of hydrogen-bond acceptors (Lipinski definition) is 2. The Morgan fingerprint density at radius 2 is 2.26 bits per heavy atom. The molecule has 19 heavy (non-hydrogen) atoms. The van der Waals surface area contributed by atoms with Crippen molar-refractivity contribution in [3.05, 3.63) is 29.8 Å². The molecule has 1 N–H and O–H groups in total. The average molecular weight is 261 g/mol. The first-order valence-corrected chi connectivity index (χ1v) is 7.09. The van der Waals surface area contributed by atoms with Crippen molar-refractivity contribution in [3.63, 3.8) is 0 Å². The van der Waals surface area contributed by atoms with Gasteiger partial charge in [0, 0.05) is 6.04 Å². The maximum Gasteiger partial charge on any atom is 0.224 e. The Morgan fingerprint density at radius 1 is 1.42 bits per heavy atom. The minimum Gasteiger partial charge on any atom is -0.497 e. The van der Waals surface area contributed by atoms with Crippen molar-refractivity contribution in [3.8, 4) is 5.75 Å². The van der Waals surface area contributed by atoms with Crippen LogP contribution in [0.2, 0.25) is 0 Å². The summed E-state index contributed by atoms with van der Waals surface area (Å²) in [6.07, 6.45) is 5.19. The molecule has 1 aliphatic rings. The Kier molecular flexibility index (Phi) is 4.83. The van der Waals surface area contributed by atoms with Crippen LogP contribution in [0, 0.1) is 5.92 Å². The smallest absolute Gasteiger partial charge is 0.224 e. The fourth-order valence-electron chi connectivity index (χ4n) is 2.81. The number of benzene rings is 1. The van der Waals surface area contributed by atoms with Gasteiger partial charge in [-0.25, -0.2) is 0 Å². The number of carbonyl (C=O) groups excluding carboxylic acids is 1. The van der Waals surface area contributed by atoms with Crippen molar-refractivity contribution in [1.29, 1.82) is 0 Å². The summed E-state index contributed by atoms with van der Waals surface area (Å²) in [4.78, 5) is 12.0. The summed E-state index contributed by atoms with van der Waals surface area (Å²) in [7, 11) is 1.64. The Labute approximate surface area is 115 Å². The van der Waals surface area contributed by atoms with Crippen molar-refractivity contribution in [1.82, 2.24) is 5.32 Å². The third kappa shape index (κ3) is 4.27. The summed E-state index contributed by atoms with van der Waals surface area (Å²) in [6, 6.07) is 8.06. The van der Waals surface area contributed by atoms with Gasteiger partial charge in [0.2, 0.25) is 5.91 Å². The van der Waals surface area contributed by atoms with E-state index >= 15 is 0 Å². The third-order valence-corrected chi connectivity index (χ3v) is 3.80. The summed E-state index contributed by atoms with van der Waals surface area (Å²) in [5.74, 6) is 1.65. The zero-order valence-corrected chi connectivity index (χ0v) is 11.8. The molecule has 104 valence electrons. The zero-order chi connectivity index (χ0) is 13.7. The van der Waals surface area contributed by atoms with Gasteiger partial charge in [-0.1, -0.05) is 31.9 Å². The minimum absolute atomic E-state index is 0.118. The molecule has 1 aromatic rings. The predicted octanol–water partition coefficient (Wildman–Crippen LogP) is 2.93. The first-order valence-electron chi connectivity index (χ1n) is 7.09. The molecule has 2 atom stereocenters. The topological polar surface area (TPSA) is 38.3 Å². The molecule has 0 radical (unpaired) electrons. The molecule has 3 heteroatoms. The maximum atomic E-state index is 12.0. The maximum absolute atomic E-state index is 12.0. The van der Waals surface area contributed by atoms with Gasteiger partial charge < -0.3 is 10.1 Å². The first-order chi connectivity index (χ1) is 9.17. The van der Waals surface area contributed by atoms with Crippen LogP contribution in [0.5, 0.6) is 5.75 Å². The highest BCUT2D eigenvalue weighted by Gasteiger charge is 2.20. The van der Waals surface area contributed by atoms with Crippen molar-refractivity contribution in [2.75, 3.05) is 7.11 Å². The lowest BCUT2D eigenvalue weighted by Crippen LogP contribution is -2.38. The van der Waals surface area contributed by atoms with E-state index in [1.54, 1.807) is 7.11 Å². The molecule has 0 heterocycles. The molecule has 1 aromatic carbocycles. The number of nitrogens with one attached hydrogen (secondary N) is 1. The average Bonchev–Trinajstić information content (AvgIpc) is 2.38. The van der Waals surface area contributed by atoms with Crippen molar-refractivity contribution >= 4 is 5.91 Å². The van der Waals surface area contributed by atoms with Gasteiger partial charge in [-0.2, -0.15) is 0 Å². The number of rotatable bonds is 4. The fraction of sp³-hybridized carbons (Fsp3) is 0.562. The van der Waals surface area contributed by atoms with Gasteiger partial charge in [0.05, 0.1) is 13.5 Å². The molecule has 3 nitrogen and oxygen atoms in total. The van der Waals surface area contributed by atoms with Gasteiger partial charge in [-0.3, -0.25) is 4.79 Å². The van der Waals surface area contributed by atoms with Crippen LogP contribution in [0.4, 0.5) is 0 Å². The van der Waals surface area contributed by atoms with Gasteiger partial charge in [-0.15, -0.1) is 0 Å². The Bertz CT molecular complexity index is 431. The Hall–Kier alpha value is -1.51. The molecule has 1 fully saturated rings. The second-order valence-electron chi connectivity index (χ2n) is 5.56. The van der Waals surface area contributed by atoms with E-state index in [9.17, 15) is 4.79 Å². The quantitative estimate of drug-likeness (QED) is 0.905. The van der Waals surface area contributed by atoms with E-state index in [-0.39, 0.29) is 5.91 Å². The van der Waals surface area contributed by atoms with Crippen molar-refractivity contribution in [2.24, 2.45) is 5.92 Å². The highest BCUT2D eigenvalue weighted by Crippen LogP contribution is 2.23. The van der Waals surface area contributed by atoms with Crippen LogP contribution in [0.1, 0.15) is 38.2 Å². The van der Waals surface area contributed by atoms with Crippen LogP contribution in [0.15, 0.2) is 24.3 Å². The van der Waals surface area contributed by atoms with Crippen LogP contribution in [-0.4, -0.2) is 19.1 Å². The van der Waals surface area contributed by atoms with E-state index in [2.05, 4.69) is 12.2 Å². The molecule has 0 aliphatic heterocycles. The molecule has 2 rings (SSSR count). The molecule has 0 spiro atoms. The molecular formula is C16H23NO2. The molecule has 2 unspecified atom stereocenters. The van der Waals surface area contributed by atoms with Crippen LogP contribution in [0.25, 0.3) is 0 Å². The second kappa shape index (κ2) is 6.60. The summed E-state index contributed by atoms with van der Waals surface area (Å²) in [5, 5.41) is 3.16. The number of carbonyl (C=O) groups is 1. The fourth-order valence-corrected chi connectivity index (χ4v) is 2.81. The van der Waals surface area contributed by atoms with Gasteiger partial charge in [0.1, 0.15) is 5.75 Å². The molecule has 1 aliphatic carbocycles. The van der Waals surface area contributed by atoms with E-state index in [4.69, 9.17) is 4.74 Å². The van der Waals surface area contributed by atoms with Crippen LogP contribution in [-0.2, 0) is 11.2 Å². The molecule has 1 saturated carbocycles. The van der Waals surface area contributed by atoms with Gasteiger partial charge >= 0.3 is 0 Å². The molecule has 1 amide bonds. The monoisotopic (exact) mass is 261 g/mol. The lowest BCUT2D eigenvalue weighted by atomic mass is 9.87. The second-order valence-corrected chi connectivity index (χ2v) is 5.56. The number of methoxy groups -OCH3 is 1. The standard InChI is InChI=1S/C16H23NO2/c1-12-5-3-7-14(9-12)17-16(18)11-13-6-4-8-15(10-13)19-2/h4,6,8,10,12,14H,3,5,7,9,11H2,1-2H3,(H,17,18). The summed E-state index contributed by atoms with van der Waals surface area (Å²) < 4.78 is 5.17. The summed E-state index contributed by atoms with van der Waals surface area (Å²) in [5.41, 5.74) is 1.00. The lowest BCUT2D eigenvalue weighted by molar-refractivity contribution is -0.121. The Balaban J connectivity index is 1.86. The van der Waals surface area contributed by atoms with E-state index in [0.717, 1.165) is 30.1 Å². The van der Waals surface area contributed by atoms with E-state index in [1.165, 1.54) is 12.8 Å². The minimum atomic E-state index is 0.118. The molecule has 0 aromatic heterocycles. The zero-order valence-electron chi connectivity index (χ0n) is 11.8. The summed E-state index contributed by atoms with van der Waals surface area (Å²) >= 11 is 0. The van der Waals surface area contributed by atoms with Crippen LogP contribution < -0.4 is 10.1 Å². The molecule has 0 bridgehead atoms. The van der Waals surface area contributed by atoms with Gasteiger partial charge in [-0.05, 0) is 36.5 Å². The third-order valence-electron chi connectivity index (χ3n) is 3.80. The largest absolute Gasteiger partial charge is 0.497 e. The van der Waals surface area contributed by atoms with E-state index in [1.807, 2.05) is 24.3 Å². The highest BCUT2D eigenvalue weighted by molar-refractivity contribution is 5.79. The van der Waals surface area contributed by atoms with E-state index < -0.39 is 0 Å². The van der Waals surface area contributed by atoms with Gasteiger partial charge in [0.15, 0.2) is 0 Å². The van der Waals surface area contributed by atoms with Crippen LogP contribution >= 0.6 is 0 Å². The predicted molar refractivity (Wildman–Crippen MR) is 76.3 cm³/mol. The summed E-state index contributed by atoms with van der Waals surface area (Å²) in [6.45, 7) is 2.26. The van der Waals surface area contributed by atoms with Crippen molar-refractivity contribution in [2.45, 2.75) is 45.1 Å². The number of amides is 1. The normalized spacial score (nSPS) is 22.8. The van der Waals surface area contributed by atoms with Crippen molar-refractivity contribution < 1.29 is 9.53 Å². The van der Waals surface area contributed by atoms with Crippen LogP contribution in [0.3, 0.4) is 0 Å². The SMILES string of the molecule is COc1cccc(CC(=O)NC2CCCC(C)C2)c1. The first kappa shape index (κ1) is 13.9. The highest BCUT2D eigenvalue weighted by atomic mass is 16.5.